The van der Waals surface area contributed by atoms with Gasteiger partial charge in [0.1, 0.15) is 5.82 Å². The summed E-state index contributed by atoms with van der Waals surface area (Å²) in [5.41, 5.74) is 3.11. The molecule has 0 spiro atoms. The van der Waals surface area contributed by atoms with Gasteiger partial charge in [-0.3, -0.25) is 19.9 Å². The Hall–Kier alpha value is -4.60. The van der Waals surface area contributed by atoms with E-state index in [0.717, 1.165) is 5.56 Å². The fourth-order valence-electron chi connectivity index (χ4n) is 3.15. The molecule has 0 aliphatic rings. The number of hydrogen-bond donors (Lipinski definition) is 2. The quantitative estimate of drug-likeness (QED) is 0.259. The van der Waals surface area contributed by atoms with Gasteiger partial charge in [-0.2, -0.15) is 0 Å². The first-order chi connectivity index (χ1) is 15.8. The first-order valence-corrected chi connectivity index (χ1v) is 9.99. The Labute approximate surface area is 187 Å². The molecule has 10 nitrogen and oxygen atoms in total. The normalized spacial score (nSPS) is 11.7. The number of esters is 1. The second kappa shape index (κ2) is 8.87. The predicted molar refractivity (Wildman–Crippen MR) is 121 cm³/mol. The van der Waals surface area contributed by atoms with E-state index in [1.807, 2.05) is 6.07 Å². The molecule has 0 radical (unpaired) electrons. The summed E-state index contributed by atoms with van der Waals surface area (Å²) in [5.74, 6) is -0.676. The molecule has 0 bridgehead atoms. The van der Waals surface area contributed by atoms with Crippen LogP contribution in [0.3, 0.4) is 0 Å². The Balaban J connectivity index is 1.46. The lowest BCUT2D eigenvalue weighted by Crippen LogP contribution is -2.30. The van der Waals surface area contributed by atoms with E-state index < -0.39 is 22.9 Å². The van der Waals surface area contributed by atoms with E-state index in [9.17, 15) is 19.7 Å². The van der Waals surface area contributed by atoms with Crippen LogP contribution in [0.25, 0.3) is 22.4 Å². The standard InChI is InChI=1S/C23H19N5O5/c1-13-5-7-17(28(31)32)11-19(13)27-22(29)14(2)33-23(30)15-6-8-18-20(10-15)26-21(25-18)16-4-3-9-24-12-16/h3-12,14H,1-2H3,(H,25,26)(H,27,29). The molecule has 33 heavy (non-hydrogen) atoms. The van der Waals surface area contributed by atoms with E-state index in [1.54, 1.807) is 43.6 Å². The summed E-state index contributed by atoms with van der Waals surface area (Å²) in [4.78, 5) is 47.2. The van der Waals surface area contributed by atoms with Crippen molar-refractivity contribution >= 4 is 34.3 Å². The average molecular weight is 445 g/mol. The van der Waals surface area contributed by atoms with Gasteiger partial charge in [-0.25, -0.2) is 9.78 Å². The molecule has 2 heterocycles. The molecule has 2 aromatic carbocycles. The number of benzene rings is 2. The van der Waals surface area contributed by atoms with Crippen LogP contribution in [0, 0.1) is 17.0 Å². The zero-order chi connectivity index (χ0) is 23.5. The third kappa shape index (κ3) is 4.69. The summed E-state index contributed by atoms with van der Waals surface area (Å²) in [7, 11) is 0. The van der Waals surface area contributed by atoms with Gasteiger partial charge in [0.15, 0.2) is 6.10 Å². The Bertz CT molecular complexity index is 1370. The maximum atomic E-state index is 12.6. The van der Waals surface area contributed by atoms with Crippen LogP contribution < -0.4 is 5.32 Å². The predicted octanol–water partition coefficient (Wildman–Crippen LogP) is 4.03. The molecule has 0 aliphatic carbocycles. The number of fused-ring (bicyclic) bond motifs is 1. The lowest BCUT2D eigenvalue weighted by Gasteiger charge is -2.14. The number of nitrogens with zero attached hydrogens (tertiary/aromatic N) is 3. The van der Waals surface area contributed by atoms with E-state index >= 15 is 0 Å². The molecule has 0 aliphatic heterocycles. The molecule has 2 aromatic heterocycles. The highest BCUT2D eigenvalue weighted by atomic mass is 16.6. The minimum atomic E-state index is -1.13. The highest BCUT2D eigenvalue weighted by molar-refractivity contribution is 5.99. The van der Waals surface area contributed by atoms with E-state index in [4.69, 9.17) is 4.74 Å². The van der Waals surface area contributed by atoms with E-state index in [0.29, 0.717) is 22.4 Å². The van der Waals surface area contributed by atoms with Gasteiger partial charge in [0.2, 0.25) is 0 Å². The molecular weight excluding hydrogens is 426 g/mol. The molecule has 1 unspecified atom stereocenters. The Morgan fingerprint density at radius 1 is 1.18 bits per heavy atom. The number of nitro groups is 1. The fraction of sp³-hybridized carbons (Fsp3) is 0.130. The molecule has 2 N–H and O–H groups in total. The smallest absolute Gasteiger partial charge is 0.338 e. The van der Waals surface area contributed by atoms with Gasteiger partial charge in [-0.1, -0.05) is 6.07 Å². The lowest BCUT2D eigenvalue weighted by atomic mass is 10.1. The summed E-state index contributed by atoms with van der Waals surface area (Å²) in [5, 5.41) is 13.5. The number of amides is 1. The minimum Gasteiger partial charge on any atom is -0.449 e. The lowest BCUT2D eigenvalue weighted by molar-refractivity contribution is -0.384. The molecule has 1 atom stereocenters. The highest BCUT2D eigenvalue weighted by Gasteiger charge is 2.21. The molecule has 4 aromatic rings. The first-order valence-electron chi connectivity index (χ1n) is 9.99. The van der Waals surface area contributed by atoms with Crippen molar-refractivity contribution in [3.05, 3.63) is 82.2 Å². The number of ether oxygens (including phenoxy) is 1. The number of imidazole rings is 1. The number of carbonyl (C=O) groups excluding carboxylic acids is 2. The monoisotopic (exact) mass is 445 g/mol. The van der Waals surface area contributed by atoms with Crippen LogP contribution in [0.15, 0.2) is 60.9 Å². The zero-order valence-corrected chi connectivity index (χ0v) is 17.7. The number of hydrogen-bond acceptors (Lipinski definition) is 7. The number of nitro benzene ring substituents is 1. The van der Waals surface area contributed by atoms with Crippen LogP contribution in [-0.2, 0) is 9.53 Å². The van der Waals surface area contributed by atoms with Crippen molar-refractivity contribution < 1.29 is 19.2 Å². The number of aryl methyl sites for hydroxylation is 1. The maximum absolute atomic E-state index is 12.6. The summed E-state index contributed by atoms with van der Waals surface area (Å²) < 4.78 is 5.30. The van der Waals surface area contributed by atoms with E-state index in [1.165, 1.54) is 25.1 Å². The molecule has 0 saturated carbocycles. The van der Waals surface area contributed by atoms with Crippen molar-refractivity contribution in [2.45, 2.75) is 20.0 Å². The van der Waals surface area contributed by atoms with Crippen LogP contribution >= 0.6 is 0 Å². The Morgan fingerprint density at radius 2 is 2.00 bits per heavy atom. The fourth-order valence-corrected chi connectivity index (χ4v) is 3.15. The Morgan fingerprint density at radius 3 is 2.73 bits per heavy atom. The van der Waals surface area contributed by atoms with Gasteiger partial charge in [0.05, 0.1) is 27.2 Å². The van der Waals surface area contributed by atoms with Crippen LogP contribution in [0.2, 0.25) is 0 Å². The topological polar surface area (TPSA) is 140 Å². The molecule has 0 saturated heterocycles. The largest absolute Gasteiger partial charge is 0.449 e. The van der Waals surface area contributed by atoms with Gasteiger partial charge < -0.3 is 15.0 Å². The van der Waals surface area contributed by atoms with Crippen molar-refractivity contribution in [1.82, 2.24) is 15.0 Å². The van der Waals surface area contributed by atoms with Crippen LogP contribution in [0.5, 0.6) is 0 Å². The number of anilines is 1. The third-order valence-corrected chi connectivity index (χ3v) is 5.00. The summed E-state index contributed by atoms with van der Waals surface area (Å²) >= 11 is 0. The summed E-state index contributed by atoms with van der Waals surface area (Å²) in [6.07, 6.45) is 2.22. The highest BCUT2D eigenvalue weighted by Crippen LogP contribution is 2.23. The second-order valence-electron chi connectivity index (χ2n) is 7.35. The maximum Gasteiger partial charge on any atom is 0.338 e. The van der Waals surface area contributed by atoms with E-state index in [2.05, 4.69) is 20.3 Å². The van der Waals surface area contributed by atoms with E-state index in [-0.39, 0.29) is 16.9 Å². The van der Waals surface area contributed by atoms with Gasteiger partial charge in [0, 0.05) is 30.1 Å². The van der Waals surface area contributed by atoms with Crippen LogP contribution in [0.4, 0.5) is 11.4 Å². The summed E-state index contributed by atoms with van der Waals surface area (Å²) in [6, 6.07) is 12.6. The van der Waals surface area contributed by atoms with Crippen molar-refractivity contribution in [3.63, 3.8) is 0 Å². The molecule has 10 heteroatoms. The van der Waals surface area contributed by atoms with Gasteiger partial charge in [-0.15, -0.1) is 0 Å². The van der Waals surface area contributed by atoms with Gasteiger partial charge >= 0.3 is 5.97 Å². The second-order valence-corrected chi connectivity index (χ2v) is 7.35. The van der Waals surface area contributed by atoms with Crippen LogP contribution in [-0.4, -0.2) is 37.9 Å². The first kappa shape index (κ1) is 21.6. The minimum absolute atomic E-state index is 0.154. The SMILES string of the molecule is Cc1ccc([N+](=O)[O-])cc1NC(=O)C(C)OC(=O)c1ccc2nc(-c3cccnc3)[nH]c2c1. The molecule has 0 fully saturated rings. The zero-order valence-electron chi connectivity index (χ0n) is 17.7. The van der Waals surface area contributed by atoms with Crippen molar-refractivity contribution in [1.29, 1.82) is 0 Å². The molecule has 166 valence electrons. The third-order valence-electron chi connectivity index (χ3n) is 5.00. The molecule has 4 rings (SSSR count). The average Bonchev–Trinajstić information content (AvgIpc) is 3.24. The molecular formula is C23H19N5O5. The number of pyridine rings is 1. The Kier molecular flexibility index (Phi) is 5.81. The number of non-ortho nitro benzene ring substituents is 1. The van der Waals surface area contributed by atoms with Crippen LogP contribution in [0.1, 0.15) is 22.8 Å². The number of rotatable bonds is 6. The number of aromatic nitrogens is 3. The van der Waals surface area contributed by atoms with Crippen molar-refractivity contribution in [2.24, 2.45) is 0 Å². The summed E-state index contributed by atoms with van der Waals surface area (Å²) in [6.45, 7) is 3.13. The van der Waals surface area contributed by atoms with Crippen molar-refractivity contribution in [3.8, 4) is 11.4 Å². The number of H-pyrrole nitrogens is 1. The number of aromatic amines is 1. The van der Waals surface area contributed by atoms with Crippen molar-refractivity contribution in [2.75, 3.05) is 5.32 Å². The van der Waals surface area contributed by atoms with Gasteiger partial charge in [0.25, 0.3) is 11.6 Å². The number of nitrogens with one attached hydrogen (secondary N) is 2. The number of carbonyl (C=O) groups is 2. The van der Waals surface area contributed by atoms with Gasteiger partial charge in [-0.05, 0) is 49.7 Å². The molecule has 1 amide bonds.